The fraction of sp³-hybridized carbons (Fsp3) is 0.400. The highest BCUT2D eigenvalue weighted by Crippen LogP contribution is 3.04. The SMILES string of the molecule is O=C(NC1CC23[C@@H]4CC12[C@H]3[C@H]4C(=O)O)c1cncc2ccn(Cc3ccc(C(F)(F)F)cc3)c12. The maximum Gasteiger partial charge on any atom is 0.416 e. The van der Waals surface area contributed by atoms with Crippen LogP contribution in [-0.4, -0.2) is 32.6 Å². The molecule has 0 radical (unpaired) electrons. The van der Waals surface area contributed by atoms with E-state index in [1.165, 1.54) is 18.3 Å². The second-order valence-electron chi connectivity index (χ2n) is 10.2. The second-order valence-corrected chi connectivity index (χ2v) is 10.2. The number of benzene rings is 1. The summed E-state index contributed by atoms with van der Waals surface area (Å²) in [6.07, 6.45) is 2.30. The van der Waals surface area contributed by atoms with Crippen molar-refractivity contribution in [2.45, 2.75) is 31.6 Å². The van der Waals surface area contributed by atoms with Crippen molar-refractivity contribution in [2.24, 2.45) is 28.6 Å². The number of pyridine rings is 1. The van der Waals surface area contributed by atoms with Gasteiger partial charge in [-0.1, -0.05) is 12.1 Å². The normalized spacial score (nSPS) is 34.2. The molecule has 3 aromatic rings. The third-order valence-corrected chi connectivity index (χ3v) is 9.21. The molecule has 4 fully saturated rings. The Labute approximate surface area is 191 Å². The number of hydrogen-bond donors (Lipinski definition) is 2. The Hall–Kier alpha value is -3.36. The van der Waals surface area contributed by atoms with Gasteiger partial charge in [-0.25, -0.2) is 0 Å². The molecule has 4 saturated carbocycles. The minimum atomic E-state index is -4.39. The molecule has 7 rings (SSSR count). The Morgan fingerprint density at radius 2 is 1.88 bits per heavy atom. The predicted molar refractivity (Wildman–Crippen MR) is 114 cm³/mol. The Morgan fingerprint density at radius 1 is 1.12 bits per heavy atom. The first-order chi connectivity index (χ1) is 16.2. The van der Waals surface area contributed by atoms with E-state index in [0.717, 1.165) is 30.4 Å². The molecule has 4 aliphatic carbocycles. The van der Waals surface area contributed by atoms with E-state index in [9.17, 15) is 27.9 Å². The smallest absolute Gasteiger partial charge is 0.416 e. The largest absolute Gasteiger partial charge is 0.481 e. The predicted octanol–water partition coefficient (Wildman–Crippen LogP) is 3.94. The standard InChI is InChI=1S/C25H20F3N3O3/c26-25(27,28)14-3-1-12(2-4-14)11-31-6-5-13-9-29-10-15(19(13)31)21(32)30-17-8-23-16-7-24(17,23)20(23)18(16)22(33)34/h1-6,9-10,16-18,20H,7-8,11H2,(H,30,32)(H,33,34)/t16-,17?,18+,20+,23?,24?/m1/s1. The van der Waals surface area contributed by atoms with Crippen LogP contribution in [0, 0.1) is 28.6 Å². The molecule has 2 N–H and O–H groups in total. The fourth-order valence-corrected chi connectivity index (χ4v) is 7.92. The summed E-state index contributed by atoms with van der Waals surface area (Å²) in [6, 6.07) is 6.81. The van der Waals surface area contributed by atoms with Crippen molar-refractivity contribution in [3.05, 3.63) is 65.6 Å². The van der Waals surface area contributed by atoms with Crippen molar-refractivity contribution in [1.29, 1.82) is 0 Å². The number of aromatic nitrogens is 2. The summed E-state index contributed by atoms with van der Waals surface area (Å²) in [4.78, 5) is 29.0. The molecule has 4 aliphatic rings. The van der Waals surface area contributed by atoms with Gasteiger partial charge in [-0.15, -0.1) is 0 Å². The van der Waals surface area contributed by atoms with Crippen LogP contribution in [0.3, 0.4) is 0 Å². The van der Waals surface area contributed by atoms with Crippen LogP contribution in [0.4, 0.5) is 13.2 Å². The van der Waals surface area contributed by atoms with E-state index in [4.69, 9.17) is 0 Å². The number of fused-ring (bicyclic) bond motifs is 1. The fourth-order valence-electron chi connectivity index (χ4n) is 7.92. The number of aliphatic carboxylic acids is 1. The molecule has 0 aliphatic heterocycles. The Morgan fingerprint density at radius 3 is 2.56 bits per heavy atom. The van der Waals surface area contributed by atoms with Gasteiger partial charge in [-0.2, -0.15) is 13.2 Å². The summed E-state index contributed by atoms with van der Waals surface area (Å²) in [5.41, 5.74) is 1.20. The van der Waals surface area contributed by atoms with Gasteiger partial charge in [0.15, 0.2) is 0 Å². The zero-order valence-corrected chi connectivity index (χ0v) is 17.8. The molecule has 6 atom stereocenters. The number of carbonyl (C=O) groups excluding carboxylic acids is 1. The van der Waals surface area contributed by atoms with Crippen LogP contribution < -0.4 is 5.32 Å². The highest BCUT2D eigenvalue weighted by Gasteiger charge is 3.04. The van der Waals surface area contributed by atoms with Gasteiger partial charge in [0.2, 0.25) is 0 Å². The van der Waals surface area contributed by atoms with Gasteiger partial charge >= 0.3 is 12.1 Å². The number of hydrogen-bond acceptors (Lipinski definition) is 3. The molecule has 3 unspecified atom stereocenters. The van der Waals surface area contributed by atoms with Gasteiger partial charge in [0.25, 0.3) is 5.91 Å². The minimum Gasteiger partial charge on any atom is -0.481 e. The van der Waals surface area contributed by atoms with E-state index in [1.807, 2.05) is 10.6 Å². The maximum absolute atomic E-state index is 13.3. The zero-order valence-electron chi connectivity index (χ0n) is 17.8. The molecular formula is C25H20F3N3O3. The van der Waals surface area contributed by atoms with Crippen LogP contribution in [0.5, 0.6) is 0 Å². The summed E-state index contributed by atoms with van der Waals surface area (Å²) in [7, 11) is 0. The van der Waals surface area contributed by atoms with Crippen LogP contribution in [0.15, 0.2) is 48.9 Å². The number of amides is 1. The van der Waals surface area contributed by atoms with E-state index in [0.29, 0.717) is 23.2 Å². The summed E-state index contributed by atoms with van der Waals surface area (Å²) in [6.45, 7) is 0.312. The number of carbonyl (C=O) groups is 2. The van der Waals surface area contributed by atoms with E-state index < -0.39 is 17.7 Å². The average molecular weight is 467 g/mol. The molecule has 1 amide bonds. The highest BCUT2D eigenvalue weighted by atomic mass is 19.4. The van der Waals surface area contributed by atoms with Crippen LogP contribution in [0.25, 0.3) is 10.9 Å². The minimum absolute atomic E-state index is 0.0146. The van der Waals surface area contributed by atoms with Gasteiger partial charge in [-0.05, 0) is 53.9 Å². The molecule has 34 heavy (non-hydrogen) atoms. The van der Waals surface area contributed by atoms with Gasteiger partial charge in [0.05, 0.1) is 22.6 Å². The highest BCUT2D eigenvalue weighted by molar-refractivity contribution is 6.05. The van der Waals surface area contributed by atoms with Crippen molar-refractivity contribution in [3.8, 4) is 0 Å². The molecule has 174 valence electrons. The lowest BCUT2D eigenvalue weighted by atomic mass is 9.46. The second kappa shape index (κ2) is 6.00. The van der Waals surface area contributed by atoms with Crippen LogP contribution in [-0.2, 0) is 17.5 Å². The molecule has 6 nitrogen and oxygen atoms in total. The average Bonchev–Trinajstić information content (AvgIpc) is 3.32. The third kappa shape index (κ3) is 2.16. The first-order valence-electron chi connectivity index (χ1n) is 11.3. The molecule has 0 bridgehead atoms. The Kier molecular flexibility index (Phi) is 3.54. The number of nitrogens with zero attached hydrogens (tertiary/aromatic N) is 2. The van der Waals surface area contributed by atoms with Gasteiger partial charge < -0.3 is 15.0 Å². The lowest BCUT2D eigenvalue weighted by Crippen LogP contribution is -2.63. The summed E-state index contributed by atoms with van der Waals surface area (Å²) >= 11 is 0. The van der Waals surface area contributed by atoms with Crippen LogP contribution in [0.1, 0.15) is 34.3 Å². The first-order valence-corrected chi connectivity index (χ1v) is 11.3. The van der Waals surface area contributed by atoms with Crippen LogP contribution >= 0.6 is 0 Å². The van der Waals surface area contributed by atoms with E-state index in [2.05, 4.69) is 10.3 Å². The summed E-state index contributed by atoms with van der Waals surface area (Å²) < 4.78 is 40.5. The van der Waals surface area contributed by atoms with Crippen molar-refractivity contribution >= 4 is 22.8 Å². The number of nitrogens with one attached hydrogen (secondary N) is 1. The molecule has 1 aromatic carbocycles. The topological polar surface area (TPSA) is 84.2 Å². The van der Waals surface area contributed by atoms with Crippen molar-refractivity contribution in [2.75, 3.05) is 0 Å². The lowest BCUT2D eigenvalue weighted by molar-refractivity contribution is -0.161. The van der Waals surface area contributed by atoms with E-state index in [-0.39, 0.29) is 40.5 Å². The van der Waals surface area contributed by atoms with Crippen LogP contribution in [0.2, 0.25) is 0 Å². The number of alkyl halides is 3. The molecule has 9 heteroatoms. The number of halogens is 3. The van der Waals surface area contributed by atoms with Gasteiger partial charge in [0.1, 0.15) is 0 Å². The number of carboxylic acids is 1. The lowest BCUT2D eigenvalue weighted by Gasteiger charge is -2.59. The molecule has 1 spiro atoms. The summed E-state index contributed by atoms with van der Waals surface area (Å²) in [5.74, 6) is -0.749. The number of rotatable bonds is 5. The Balaban J connectivity index is 1.13. The maximum atomic E-state index is 13.3. The third-order valence-electron chi connectivity index (χ3n) is 9.21. The molecule has 0 saturated heterocycles. The Bertz CT molecular complexity index is 1400. The molecule has 2 aromatic heterocycles. The van der Waals surface area contributed by atoms with Gasteiger partial charge in [-0.3, -0.25) is 14.6 Å². The van der Waals surface area contributed by atoms with E-state index >= 15 is 0 Å². The van der Waals surface area contributed by atoms with E-state index in [1.54, 1.807) is 12.4 Å². The molecular weight excluding hydrogens is 447 g/mol. The zero-order chi connectivity index (χ0) is 23.6. The number of carboxylic acid groups (broad SMARTS) is 1. The monoisotopic (exact) mass is 467 g/mol. The quantitative estimate of drug-likeness (QED) is 0.596. The van der Waals surface area contributed by atoms with Gasteiger partial charge in [0, 0.05) is 42.0 Å². The molecule has 2 heterocycles. The van der Waals surface area contributed by atoms with Crippen molar-refractivity contribution in [3.63, 3.8) is 0 Å². The van der Waals surface area contributed by atoms with Crippen molar-refractivity contribution < 1.29 is 27.9 Å². The van der Waals surface area contributed by atoms with Crippen molar-refractivity contribution in [1.82, 2.24) is 14.9 Å². The first kappa shape index (κ1) is 20.1. The summed E-state index contributed by atoms with van der Waals surface area (Å²) in [5, 5.41) is 13.4.